The molecule has 0 atom stereocenters. The Morgan fingerprint density at radius 1 is 1.09 bits per heavy atom. The van der Waals surface area contributed by atoms with Crippen molar-refractivity contribution in [1.29, 1.82) is 0 Å². The first-order valence-electron chi connectivity index (χ1n) is 11.0. The molecule has 0 radical (unpaired) electrons. The molecule has 0 spiro atoms. The normalized spacial score (nSPS) is 15.2. The van der Waals surface area contributed by atoms with Crippen molar-refractivity contribution in [2.24, 2.45) is 0 Å². The second kappa shape index (κ2) is 8.53. The van der Waals surface area contributed by atoms with Gasteiger partial charge in [-0.2, -0.15) is 5.10 Å². The number of fused-ring (bicyclic) bond motifs is 3. The fourth-order valence-electron chi connectivity index (χ4n) is 4.45. The van der Waals surface area contributed by atoms with Gasteiger partial charge in [0.05, 0.1) is 30.9 Å². The number of imidazole rings is 1. The predicted octanol–water partition coefficient (Wildman–Crippen LogP) is 3.86. The summed E-state index contributed by atoms with van der Waals surface area (Å²) in [6.45, 7) is 3.07. The molecular weight excluding hydrogens is 434 g/mol. The van der Waals surface area contributed by atoms with Crippen LogP contribution in [-0.2, 0) is 17.0 Å². The second-order valence-electron chi connectivity index (χ2n) is 8.18. The van der Waals surface area contributed by atoms with E-state index in [1.54, 1.807) is 18.0 Å². The van der Waals surface area contributed by atoms with Crippen molar-refractivity contribution < 1.29 is 9.53 Å². The van der Waals surface area contributed by atoms with Crippen molar-refractivity contribution in [3.05, 3.63) is 84.1 Å². The lowest BCUT2D eigenvalue weighted by molar-refractivity contribution is 0.0298. The summed E-state index contributed by atoms with van der Waals surface area (Å²) in [7, 11) is 0. The van der Waals surface area contributed by atoms with Gasteiger partial charge in [0.15, 0.2) is 5.69 Å². The zero-order valence-electron chi connectivity index (χ0n) is 18.1. The summed E-state index contributed by atoms with van der Waals surface area (Å²) in [6.07, 6.45) is 5.55. The van der Waals surface area contributed by atoms with Crippen molar-refractivity contribution in [2.45, 2.75) is 17.2 Å². The van der Waals surface area contributed by atoms with Crippen molar-refractivity contribution in [3.63, 3.8) is 0 Å². The molecular formula is C25H23N5O2S. The Labute approximate surface area is 196 Å². The lowest BCUT2D eigenvalue weighted by Gasteiger charge is -2.26. The Morgan fingerprint density at radius 2 is 1.97 bits per heavy atom. The molecule has 0 N–H and O–H groups in total. The minimum absolute atomic E-state index is 0.0112. The lowest BCUT2D eigenvalue weighted by atomic mass is 10.0. The molecule has 2 aliphatic heterocycles. The molecule has 4 aromatic rings. The third-order valence-electron chi connectivity index (χ3n) is 6.08. The van der Waals surface area contributed by atoms with Crippen LogP contribution in [0.2, 0.25) is 0 Å². The second-order valence-corrected chi connectivity index (χ2v) is 9.20. The maximum absolute atomic E-state index is 13.5. The Balaban J connectivity index is 1.47. The van der Waals surface area contributed by atoms with Crippen LogP contribution in [0.25, 0.3) is 16.9 Å². The molecule has 1 amide bonds. The first-order chi connectivity index (χ1) is 16.3. The van der Waals surface area contributed by atoms with Crippen molar-refractivity contribution >= 4 is 17.7 Å². The number of benzene rings is 2. The molecule has 33 heavy (non-hydrogen) atoms. The van der Waals surface area contributed by atoms with E-state index in [0.29, 0.717) is 32.0 Å². The average molecular weight is 458 g/mol. The average Bonchev–Trinajstić information content (AvgIpc) is 3.52. The van der Waals surface area contributed by atoms with Crippen LogP contribution in [-0.4, -0.2) is 56.4 Å². The molecule has 6 rings (SSSR count). The minimum atomic E-state index is -0.0112. The van der Waals surface area contributed by atoms with E-state index < -0.39 is 0 Å². The number of thioether (sulfide) groups is 1. The zero-order chi connectivity index (χ0) is 22.2. The predicted molar refractivity (Wildman–Crippen MR) is 127 cm³/mol. The molecule has 166 valence electrons. The first kappa shape index (κ1) is 20.3. The van der Waals surface area contributed by atoms with E-state index in [0.717, 1.165) is 40.4 Å². The van der Waals surface area contributed by atoms with Crippen molar-refractivity contribution in [1.82, 2.24) is 24.2 Å². The fraction of sp³-hybridized carbons (Fsp3) is 0.240. The molecule has 1 fully saturated rings. The summed E-state index contributed by atoms with van der Waals surface area (Å²) < 4.78 is 9.44. The van der Waals surface area contributed by atoms with Gasteiger partial charge >= 0.3 is 0 Å². The van der Waals surface area contributed by atoms with E-state index in [2.05, 4.69) is 41.4 Å². The van der Waals surface area contributed by atoms with Gasteiger partial charge < -0.3 is 14.2 Å². The molecule has 7 nitrogen and oxygen atoms in total. The topological polar surface area (TPSA) is 65.2 Å². The zero-order valence-corrected chi connectivity index (χ0v) is 18.9. The Bertz CT molecular complexity index is 1310. The number of hydrogen-bond acceptors (Lipinski definition) is 5. The van der Waals surface area contributed by atoms with Gasteiger partial charge in [0.2, 0.25) is 0 Å². The van der Waals surface area contributed by atoms with Gasteiger partial charge in [-0.25, -0.2) is 9.67 Å². The van der Waals surface area contributed by atoms with Gasteiger partial charge in [0.25, 0.3) is 5.91 Å². The van der Waals surface area contributed by atoms with Crippen LogP contribution in [0.15, 0.2) is 72.1 Å². The van der Waals surface area contributed by atoms with Gasteiger partial charge in [-0.3, -0.25) is 4.79 Å². The number of hydrogen-bond donors (Lipinski definition) is 0. The number of morpholine rings is 1. The third-order valence-corrected chi connectivity index (χ3v) is 7.18. The van der Waals surface area contributed by atoms with Crippen molar-refractivity contribution in [3.8, 4) is 16.9 Å². The summed E-state index contributed by atoms with van der Waals surface area (Å²) in [5, 5.41) is 4.93. The monoisotopic (exact) mass is 457 g/mol. The highest BCUT2D eigenvalue weighted by atomic mass is 32.2. The van der Waals surface area contributed by atoms with Gasteiger partial charge in [-0.05, 0) is 23.8 Å². The molecule has 8 heteroatoms. The first-order valence-corrected chi connectivity index (χ1v) is 12.0. The Kier molecular flexibility index (Phi) is 5.24. The van der Waals surface area contributed by atoms with Gasteiger partial charge in [-0.15, -0.1) is 11.8 Å². The smallest absolute Gasteiger partial charge is 0.274 e. The fourth-order valence-corrected chi connectivity index (χ4v) is 5.52. The number of nitrogens with zero attached hydrogens (tertiary/aromatic N) is 5. The number of rotatable bonds is 4. The Morgan fingerprint density at radius 3 is 2.82 bits per heavy atom. The summed E-state index contributed by atoms with van der Waals surface area (Å²) in [5.41, 5.74) is 5.79. The molecule has 0 bridgehead atoms. The molecule has 0 aliphatic carbocycles. The van der Waals surface area contributed by atoms with Crippen LogP contribution in [0.5, 0.6) is 0 Å². The Hall–Kier alpha value is -3.36. The standard InChI is InChI=1S/C25H23N5O2S/c31-25(29-10-12-32-13-11-29)23-21-16-33-22-7-2-1-6-20(22)24(21)30(27-23)19-5-3-4-18(14-19)15-28-9-8-26-17-28/h1-9,14,17H,10-13,15-16H2. The van der Waals surface area contributed by atoms with E-state index in [1.165, 1.54) is 4.90 Å². The van der Waals surface area contributed by atoms with E-state index in [1.807, 2.05) is 38.8 Å². The van der Waals surface area contributed by atoms with Crippen molar-refractivity contribution in [2.75, 3.05) is 26.3 Å². The molecule has 4 heterocycles. The highest BCUT2D eigenvalue weighted by Gasteiger charge is 2.31. The number of carbonyl (C=O) groups is 1. The third kappa shape index (κ3) is 3.75. The summed E-state index contributed by atoms with van der Waals surface area (Å²) >= 11 is 1.77. The molecule has 1 saturated heterocycles. The summed E-state index contributed by atoms with van der Waals surface area (Å²) in [6, 6.07) is 16.7. The highest BCUT2D eigenvalue weighted by Crippen LogP contribution is 2.43. The van der Waals surface area contributed by atoms with E-state index >= 15 is 0 Å². The molecule has 2 aliphatic rings. The maximum atomic E-state index is 13.5. The van der Waals surface area contributed by atoms with E-state index in [4.69, 9.17) is 9.84 Å². The van der Waals surface area contributed by atoms with Crippen LogP contribution >= 0.6 is 11.8 Å². The molecule has 2 aromatic carbocycles. The van der Waals surface area contributed by atoms with Gasteiger partial charge in [0, 0.05) is 53.8 Å². The maximum Gasteiger partial charge on any atom is 0.274 e. The largest absolute Gasteiger partial charge is 0.378 e. The summed E-state index contributed by atoms with van der Waals surface area (Å²) in [5.74, 6) is 0.717. The van der Waals surface area contributed by atoms with E-state index in [9.17, 15) is 4.79 Å². The highest BCUT2D eigenvalue weighted by molar-refractivity contribution is 7.98. The van der Waals surface area contributed by atoms with Crippen LogP contribution < -0.4 is 0 Å². The molecule has 2 aromatic heterocycles. The quantitative estimate of drug-likeness (QED) is 0.466. The molecule has 0 saturated carbocycles. The number of aromatic nitrogens is 4. The van der Waals surface area contributed by atoms with Gasteiger partial charge in [0.1, 0.15) is 0 Å². The van der Waals surface area contributed by atoms with Crippen LogP contribution in [0.3, 0.4) is 0 Å². The SMILES string of the molecule is O=C(c1nn(-c2cccc(Cn3ccnc3)c2)c2c1CSc1ccccc1-2)N1CCOCC1. The van der Waals surface area contributed by atoms with Crippen LogP contribution in [0.1, 0.15) is 21.6 Å². The van der Waals surface area contributed by atoms with E-state index in [-0.39, 0.29) is 5.91 Å². The minimum Gasteiger partial charge on any atom is -0.378 e. The van der Waals surface area contributed by atoms with Crippen LogP contribution in [0.4, 0.5) is 0 Å². The number of ether oxygens (including phenoxy) is 1. The van der Waals surface area contributed by atoms with Crippen LogP contribution in [0, 0.1) is 0 Å². The van der Waals surface area contributed by atoms with Gasteiger partial charge in [-0.1, -0.05) is 30.3 Å². The summed E-state index contributed by atoms with van der Waals surface area (Å²) in [4.78, 5) is 20.7. The lowest BCUT2D eigenvalue weighted by Crippen LogP contribution is -2.41. The number of carbonyl (C=O) groups excluding carboxylic acids is 1. The molecule has 0 unspecified atom stereocenters. The number of amides is 1.